The molecule has 0 aliphatic heterocycles. The van der Waals surface area contributed by atoms with Crippen LogP contribution >= 0.6 is 0 Å². The average Bonchev–Trinajstić information content (AvgIpc) is 2.31. The number of hydrogen-bond acceptors (Lipinski definition) is 2. The van der Waals surface area contributed by atoms with Gasteiger partial charge in [-0.3, -0.25) is 14.6 Å². The van der Waals surface area contributed by atoms with Gasteiger partial charge in [-0.15, -0.1) is 0 Å². The van der Waals surface area contributed by atoms with E-state index in [-0.39, 0.29) is 5.56 Å². The van der Waals surface area contributed by atoms with Gasteiger partial charge in [0.05, 0.1) is 0 Å². The van der Waals surface area contributed by atoms with Crippen molar-refractivity contribution in [1.29, 1.82) is 0 Å². The molecule has 0 atom stereocenters. The van der Waals surface area contributed by atoms with Crippen LogP contribution < -0.4 is 11.3 Å². The fourth-order valence-corrected chi connectivity index (χ4v) is 1.14. The van der Waals surface area contributed by atoms with E-state index >= 15 is 0 Å². The van der Waals surface area contributed by atoms with Gasteiger partial charge in [0.25, 0.3) is 5.56 Å². The third-order valence-corrected chi connectivity index (χ3v) is 1.79. The Morgan fingerprint density at radius 3 is 2.83 bits per heavy atom. The number of aromatic nitrogens is 2. The summed E-state index contributed by atoms with van der Waals surface area (Å²) in [5.41, 5.74) is 5.37. The van der Waals surface area contributed by atoms with E-state index in [1.54, 1.807) is 4.68 Å². The molecule has 3 N–H and O–H groups in total. The van der Waals surface area contributed by atoms with Gasteiger partial charge >= 0.3 is 0 Å². The van der Waals surface area contributed by atoms with Gasteiger partial charge in [0.15, 0.2) is 0 Å². The molecule has 0 amide bonds. The molecule has 0 aliphatic carbocycles. The molecule has 4 heteroatoms. The van der Waals surface area contributed by atoms with Crippen LogP contribution in [0.15, 0.2) is 10.9 Å². The standard InChI is InChI=1S/C8H15N3O/c1-2-3-4-5-11-8(12)6-7(9)10-11/h6,10H,2-5,9H2,1H3. The Labute approximate surface area is 71.4 Å². The summed E-state index contributed by atoms with van der Waals surface area (Å²) < 4.78 is 1.55. The number of nitrogen functional groups attached to an aromatic ring is 1. The molecule has 1 rings (SSSR count). The fourth-order valence-electron chi connectivity index (χ4n) is 1.14. The normalized spacial score (nSPS) is 10.4. The lowest BCUT2D eigenvalue weighted by molar-refractivity contribution is 0.542. The monoisotopic (exact) mass is 169 g/mol. The second-order valence-corrected chi connectivity index (χ2v) is 2.91. The van der Waals surface area contributed by atoms with Crippen molar-refractivity contribution in [1.82, 2.24) is 9.78 Å². The first kappa shape index (κ1) is 8.90. The Bertz CT molecular complexity index is 287. The van der Waals surface area contributed by atoms with Gasteiger partial charge in [-0.1, -0.05) is 19.8 Å². The third kappa shape index (κ3) is 2.15. The van der Waals surface area contributed by atoms with Crippen LogP contribution in [0.2, 0.25) is 0 Å². The summed E-state index contributed by atoms with van der Waals surface area (Å²) in [6.45, 7) is 2.87. The van der Waals surface area contributed by atoms with E-state index in [2.05, 4.69) is 12.0 Å². The van der Waals surface area contributed by atoms with Crippen molar-refractivity contribution in [3.05, 3.63) is 16.4 Å². The van der Waals surface area contributed by atoms with E-state index in [1.165, 1.54) is 6.07 Å². The van der Waals surface area contributed by atoms with Gasteiger partial charge in [0, 0.05) is 12.6 Å². The van der Waals surface area contributed by atoms with E-state index in [0.717, 1.165) is 25.8 Å². The molecular weight excluding hydrogens is 154 g/mol. The van der Waals surface area contributed by atoms with Crippen LogP contribution in [0.1, 0.15) is 26.2 Å². The highest BCUT2D eigenvalue weighted by atomic mass is 16.1. The molecule has 1 heterocycles. The topological polar surface area (TPSA) is 63.8 Å². The summed E-state index contributed by atoms with van der Waals surface area (Å²) in [7, 11) is 0. The molecule has 0 saturated carbocycles. The average molecular weight is 169 g/mol. The van der Waals surface area contributed by atoms with Gasteiger partial charge in [-0.25, -0.2) is 0 Å². The minimum absolute atomic E-state index is 0.0383. The second kappa shape index (κ2) is 3.99. The molecule has 1 aromatic heterocycles. The molecule has 0 radical (unpaired) electrons. The van der Waals surface area contributed by atoms with Crippen LogP contribution in [0.5, 0.6) is 0 Å². The van der Waals surface area contributed by atoms with Crippen molar-refractivity contribution in [3.8, 4) is 0 Å². The number of H-pyrrole nitrogens is 1. The summed E-state index contributed by atoms with van der Waals surface area (Å²) in [5, 5.41) is 2.79. The van der Waals surface area contributed by atoms with Crippen LogP contribution in [0, 0.1) is 0 Å². The maximum atomic E-state index is 11.1. The lowest BCUT2D eigenvalue weighted by atomic mass is 10.2. The molecular formula is C8H15N3O. The third-order valence-electron chi connectivity index (χ3n) is 1.79. The number of nitrogens with one attached hydrogen (secondary N) is 1. The van der Waals surface area contributed by atoms with Crippen molar-refractivity contribution in [2.45, 2.75) is 32.7 Å². The first-order valence-corrected chi connectivity index (χ1v) is 4.29. The van der Waals surface area contributed by atoms with Crippen molar-refractivity contribution < 1.29 is 0 Å². The zero-order valence-electron chi connectivity index (χ0n) is 7.34. The molecule has 0 aliphatic rings. The van der Waals surface area contributed by atoms with Crippen molar-refractivity contribution in [2.75, 3.05) is 5.73 Å². The predicted molar refractivity (Wildman–Crippen MR) is 49.0 cm³/mol. The highest BCUT2D eigenvalue weighted by Gasteiger charge is 1.97. The molecule has 0 spiro atoms. The summed E-state index contributed by atoms with van der Waals surface area (Å²) in [4.78, 5) is 11.1. The lowest BCUT2D eigenvalue weighted by Crippen LogP contribution is -2.15. The molecule has 1 aromatic rings. The van der Waals surface area contributed by atoms with E-state index in [1.807, 2.05) is 0 Å². The highest BCUT2D eigenvalue weighted by Crippen LogP contribution is 1.96. The highest BCUT2D eigenvalue weighted by molar-refractivity contribution is 5.23. The predicted octanol–water partition coefficient (Wildman–Crippen LogP) is 0.949. The van der Waals surface area contributed by atoms with E-state index in [0.29, 0.717) is 5.82 Å². The smallest absolute Gasteiger partial charge is 0.268 e. The Morgan fingerprint density at radius 1 is 1.58 bits per heavy atom. The van der Waals surface area contributed by atoms with Crippen LogP contribution in [0.25, 0.3) is 0 Å². The number of hydrogen-bond donors (Lipinski definition) is 2. The molecule has 0 fully saturated rings. The minimum atomic E-state index is -0.0383. The molecule has 68 valence electrons. The largest absolute Gasteiger partial charge is 0.384 e. The quantitative estimate of drug-likeness (QED) is 0.659. The van der Waals surface area contributed by atoms with Gasteiger partial charge < -0.3 is 5.73 Å². The molecule has 12 heavy (non-hydrogen) atoms. The Balaban J connectivity index is 2.51. The molecule has 4 nitrogen and oxygen atoms in total. The van der Waals surface area contributed by atoms with Crippen molar-refractivity contribution in [3.63, 3.8) is 0 Å². The Morgan fingerprint density at radius 2 is 2.33 bits per heavy atom. The molecule has 0 saturated heterocycles. The maximum absolute atomic E-state index is 11.1. The number of anilines is 1. The van der Waals surface area contributed by atoms with Crippen molar-refractivity contribution >= 4 is 5.82 Å². The summed E-state index contributed by atoms with van der Waals surface area (Å²) >= 11 is 0. The summed E-state index contributed by atoms with van der Waals surface area (Å²) in [5.74, 6) is 0.441. The second-order valence-electron chi connectivity index (χ2n) is 2.91. The minimum Gasteiger partial charge on any atom is -0.384 e. The fraction of sp³-hybridized carbons (Fsp3) is 0.625. The van der Waals surface area contributed by atoms with E-state index < -0.39 is 0 Å². The first-order chi connectivity index (χ1) is 5.74. The number of nitrogens with two attached hydrogens (primary N) is 1. The Hall–Kier alpha value is -1.19. The van der Waals surface area contributed by atoms with Gasteiger partial charge in [0.2, 0.25) is 0 Å². The van der Waals surface area contributed by atoms with E-state index in [4.69, 9.17) is 5.73 Å². The molecule has 0 aromatic carbocycles. The number of nitrogens with zero attached hydrogens (tertiary/aromatic N) is 1. The van der Waals surface area contributed by atoms with Gasteiger partial charge in [-0.05, 0) is 6.42 Å². The van der Waals surface area contributed by atoms with Crippen LogP contribution in [-0.2, 0) is 6.54 Å². The van der Waals surface area contributed by atoms with Gasteiger partial charge in [-0.2, -0.15) is 0 Å². The zero-order valence-corrected chi connectivity index (χ0v) is 7.34. The Kier molecular flexibility index (Phi) is 2.96. The first-order valence-electron chi connectivity index (χ1n) is 4.29. The number of aryl methyl sites for hydroxylation is 1. The lowest BCUT2D eigenvalue weighted by Gasteiger charge is -1.99. The summed E-state index contributed by atoms with van der Waals surface area (Å²) in [6.07, 6.45) is 3.33. The van der Waals surface area contributed by atoms with Crippen molar-refractivity contribution in [2.24, 2.45) is 0 Å². The van der Waals surface area contributed by atoms with Gasteiger partial charge in [0.1, 0.15) is 5.82 Å². The SMILES string of the molecule is CCCCCn1[nH]c(N)cc1=O. The number of rotatable bonds is 4. The number of unbranched alkanes of at least 4 members (excludes halogenated alkanes) is 2. The van der Waals surface area contributed by atoms with Crippen LogP contribution in [-0.4, -0.2) is 9.78 Å². The summed E-state index contributed by atoms with van der Waals surface area (Å²) in [6, 6.07) is 1.41. The zero-order chi connectivity index (χ0) is 8.97. The molecule has 0 bridgehead atoms. The maximum Gasteiger partial charge on any atom is 0.268 e. The molecule has 0 unspecified atom stereocenters. The van der Waals surface area contributed by atoms with Crippen LogP contribution in [0.3, 0.4) is 0 Å². The van der Waals surface area contributed by atoms with E-state index in [9.17, 15) is 4.79 Å². The van der Waals surface area contributed by atoms with Crippen LogP contribution in [0.4, 0.5) is 5.82 Å². The number of aromatic amines is 1.